The number of nitrogens with one attached hydrogen (secondary N) is 3. The number of halogens is 2. The van der Waals surface area contributed by atoms with Gasteiger partial charge < -0.3 is 64.8 Å². The van der Waals surface area contributed by atoms with E-state index in [0.717, 1.165) is 12.8 Å². The molecule has 0 aromatic carbocycles. The van der Waals surface area contributed by atoms with Crippen LogP contribution in [0.15, 0.2) is 24.3 Å². The van der Waals surface area contributed by atoms with E-state index in [0.29, 0.717) is 110 Å². The number of Topliss-reactive ketones (excluding diaryl/α,β-unsaturated/α-hetero) is 1. The Labute approximate surface area is 654 Å². The molecule has 2 saturated carbocycles. The molecule has 0 aromatic heterocycles. The number of hydrogen-bond acceptors (Lipinski definition) is 14. The van der Waals surface area contributed by atoms with E-state index in [-0.39, 0.29) is 111 Å². The summed E-state index contributed by atoms with van der Waals surface area (Å²) in [6, 6.07) is -8.88. The number of fused-ring (bicyclic) bond motifs is 24. The summed E-state index contributed by atoms with van der Waals surface area (Å²) in [5.41, 5.74) is -1.99. The second kappa shape index (κ2) is 40.8. The number of rotatable bonds is 15. The zero-order chi connectivity index (χ0) is 79.6. The summed E-state index contributed by atoms with van der Waals surface area (Å²) in [5, 5.41) is 9.07. The first kappa shape index (κ1) is 89.0. The number of likely N-dealkylation sites (N-methyl/N-ethyl adjacent to an activating group) is 6. The van der Waals surface area contributed by atoms with Gasteiger partial charge in [0, 0.05) is 105 Å². The van der Waals surface area contributed by atoms with Crippen LogP contribution in [0.3, 0.4) is 0 Å². The maximum Gasteiger partial charge on any atom is 0.248 e. The van der Waals surface area contributed by atoms with Crippen LogP contribution in [0.5, 0.6) is 0 Å². The molecule has 25 nitrogen and oxygen atoms in total. The van der Waals surface area contributed by atoms with Gasteiger partial charge in [-0.25, -0.2) is 0 Å². The number of amides is 11. The van der Waals surface area contributed by atoms with Gasteiger partial charge in [0.05, 0.1) is 32.2 Å². The normalized spacial score (nSPS) is 30.6. The quantitative estimate of drug-likeness (QED) is 0.0804. The third-order valence-corrected chi connectivity index (χ3v) is 25.7. The zero-order valence-electron chi connectivity index (χ0n) is 67.8. The van der Waals surface area contributed by atoms with Crippen LogP contribution in [-0.4, -0.2) is 280 Å². The molecule has 3 unspecified atom stereocenters. The van der Waals surface area contributed by atoms with Crippen LogP contribution in [0.1, 0.15) is 216 Å². The summed E-state index contributed by atoms with van der Waals surface area (Å²) in [6.45, 7) is 17.6. The Morgan fingerprint density at radius 2 is 1.28 bits per heavy atom. The van der Waals surface area contributed by atoms with Gasteiger partial charge in [-0.15, -0.1) is 23.2 Å². The van der Waals surface area contributed by atoms with E-state index < -0.39 is 149 Å². The van der Waals surface area contributed by atoms with Crippen molar-refractivity contribution in [3.8, 4) is 0 Å². The second-order valence-corrected chi connectivity index (χ2v) is 34.9. The average molecular weight is 1550 g/mol. The highest BCUT2D eigenvalue weighted by atomic mass is 35.5. The number of alkyl halides is 2. The first-order valence-electron chi connectivity index (χ1n) is 40.6. The van der Waals surface area contributed by atoms with Gasteiger partial charge in [-0.1, -0.05) is 105 Å². The Morgan fingerprint density at radius 3 is 1.91 bits per heavy atom. The lowest BCUT2D eigenvalue weighted by atomic mass is 9.58. The van der Waals surface area contributed by atoms with Gasteiger partial charge in [0.2, 0.25) is 65.0 Å². The van der Waals surface area contributed by atoms with Crippen molar-refractivity contribution in [1.82, 2.24) is 60.0 Å². The van der Waals surface area contributed by atoms with E-state index in [1.807, 2.05) is 79.7 Å². The SMILES string of the molecule is CCO[C@@H]1C[C@H]2C(=O)NC3(CC(C)(C)C3)C(=O)N(C)[C@@H](C(CC)CC)C(=O)N(C)[C@H](C(=O)N3CCCC3)CC(=O)N(C)[C@H]3C/C=C/C4CCC(CC4)C[C@@H](C(=O)N(C)CC(=O)CN[C@@H](CCCC(C)CC(Cl)C(C)Cl)CC(=O)N2C1)N1CCCC/C=C\C[C@@H](C1=O)N(C)C(=O)CN(C)C(=O)[C@H]([C@@H](C)CC)NC3=O. The number of nitrogens with zero attached hydrogens (tertiary/aromatic N) is 9. The highest BCUT2D eigenvalue weighted by molar-refractivity contribution is 6.29. The van der Waals surface area contributed by atoms with Crippen molar-refractivity contribution in [1.29, 1.82) is 0 Å². The van der Waals surface area contributed by atoms with Gasteiger partial charge in [0.25, 0.3) is 0 Å². The van der Waals surface area contributed by atoms with Crippen LogP contribution in [0.2, 0.25) is 0 Å². The highest BCUT2D eigenvalue weighted by Crippen LogP contribution is 2.50. The molecule has 0 radical (unpaired) electrons. The third-order valence-electron chi connectivity index (χ3n) is 24.7. The van der Waals surface area contributed by atoms with Crippen LogP contribution < -0.4 is 16.0 Å². The third kappa shape index (κ3) is 23.0. The van der Waals surface area contributed by atoms with Gasteiger partial charge in [-0.05, 0) is 152 Å². The maximum absolute atomic E-state index is 15.9. The maximum atomic E-state index is 15.9. The molecule has 1 spiro atoms. The van der Waals surface area contributed by atoms with Crippen molar-refractivity contribution in [3.05, 3.63) is 24.3 Å². The van der Waals surface area contributed by atoms with Crippen LogP contribution in [0, 0.1) is 35.0 Å². The largest absolute Gasteiger partial charge is 0.377 e. The van der Waals surface area contributed by atoms with E-state index in [9.17, 15) is 14.4 Å². The Morgan fingerprint density at radius 1 is 0.639 bits per heavy atom. The molecule has 2 aliphatic carbocycles. The predicted molar refractivity (Wildman–Crippen MR) is 418 cm³/mol. The predicted octanol–water partition coefficient (Wildman–Crippen LogP) is 7.72. The molecule has 11 amide bonds. The summed E-state index contributed by atoms with van der Waals surface area (Å²) in [6.07, 6.45) is 17.2. The molecule has 13 atom stereocenters. The summed E-state index contributed by atoms with van der Waals surface area (Å²) < 4.78 is 6.17. The average Bonchev–Trinajstić information content (AvgIpc) is 0.873. The van der Waals surface area contributed by atoms with Crippen LogP contribution in [0.25, 0.3) is 0 Å². The van der Waals surface area contributed by atoms with E-state index in [4.69, 9.17) is 27.9 Å². The Balaban J connectivity index is 1.37. The van der Waals surface area contributed by atoms with E-state index in [1.165, 1.54) is 62.5 Å². The van der Waals surface area contributed by atoms with E-state index in [2.05, 4.69) is 22.9 Å². The fourth-order valence-corrected chi connectivity index (χ4v) is 18.3. The molecule has 4 fully saturated rings. The van der Waals surface area contributed by atoms with Crippen molar-refractivity contribution in [2.75, 3.05) is 94.7 Å². The van der Waals surface area contributed by atoms with Crippen molar-refractivity contribution >= 4 is 94.0 Å². The zero-order valence-corrected chi connectivity index (χ0v) is 69.3. The van der Waals surface area contributed by atoms with Gasteiger partial charge >= 0.3 is 0 Å². The minimum absolute atomic E-state index is 0.0102. The number of likely N-dealkylation sites (tertiary alicyclic amines) is 1. The van der Waals surface area contributed by atoms with E-state index in [1.54, 1.807) is 23.9 Å². The molecule has 108 heavy (non-hydrogen) atoms. The summed E-state index contributed by atoms with van der Waals surface area (Å²) in [5.74, 6) is -7.08. The van der Waals surface area contributed by atoms with Gasteiger partial charge in [-0.2, -0.15) is 0 Å². The van der Waals surface area contributed by atoms with Gasteiger partial charge in [0.15, 0.2) is 5.78 Å². The number of carbonyl (C=O) groups excluding carboxylic acids is 12. The minimum atomic E-state index is -1.54. The molecule has 9 aliphatic rings. The van der Waals surface area contributed by atoms with Crippen LogP contribution in [-0.2, 0) is 62.3 Å². The molecule has 6 bridgehead atoms. The van der Waals surface area contributed by atoms with Gasteiger partial charge in [0.1, 0.15) is 47.8 Å². The van der Waals surface area contributed by atoms with Crippen LogP contribution >= 0.6 is 23.2 Å². The molecular weight excluding hydrogens is 1420 g/mol. The Kier molecular flexibility index (Phi) is 33.7. The van der Waals surface area contributed by atoms with Crippen molar-refractivity contribution in [2.24, 2.45) is 35.0 Å². The molecule has 0 aromatic rings. The number of hydrogen-bond donors (Lipinski definition) is 3. The minimum Gasteiger partial charge on any atom is -0.377 e. The molecule has 3 N–H and O–H groups in total. The highest BCUT2D eigenvalue weighted by Gasteiger charge is 2.59. The lowest BCUT2D eigenvalue weighted by Crippen LogP contribution is -2.71. The molecule has 9 rings (SSSR count). The molecule has 608 valence electrons. The molecule has 27 heteroatoms. The summed E-state index contributed by atoms with van der Waals surface area (Å²) >= 11 is 13.1. The van der Waals surface area contributed by atoms with Crippen LogP contribution in [0.4, 0.5) is 0 Å². The first-order valence-corrected chi connectivity index (χ1v) is 41.5. The molecule has 7 heterocycles. The molecular formula is C81H132Cl2N12O13. The molecule has 2 saturated heterocycles. The fourth-order valence-electron chi connectivity index (χ4n) is 17.8. The van der Waals surface area contributed by atoms with Gasteiger partial charge in [-0.3, -0.25) is 57.5 Å². The standard InChI is InChI=1S/C81H132Cl2N12O13/c1-16-53(6)70-77(105)88(11)49-69(99)90(13)63-32-23-21-20-22-24-40-94(76(63)104)66-42-56-36-34-55(35-37-56)30-28-33-62(72(100)85-70)89(12)67(97)45-65(75(103)93-38-25-26-39-93)91(14)78(106)71(57(17-2)18-3)92(15)79(107)81(50-80(8,9)51-81)86-73(101)64-44-60(108-19-4)48-95(64)68(98)43-58(84-46-59(96)47-87(10)74(66)102)31-27-29-52(5)41-61(83)54(7)82/h21,23,28,30,52-58,60-66,70-71,84H,16-20,22,24-27,29,31-51H2,1-15H3,(H,85,100)(H,86,101)/b23-21-,30-28+/t52?,53-,54?,55?,56?,58-,60+,61?,62-,63-,64-,65-,66-,70-,71-/m0/s1. The lowest BCUT2D eigenvalue weighted by Gasteiger charge is -2.54. The molecule has 7 aliphatic heterocycles. The number of allylic oxidation sites excluding steroid dienone is 2. The number of ketones is 1. The van der Waals surface area contributed by atoms with Crippen molar-refractivity contribution < 1.29 is 62.3 Å². The first-order chi connectivity index (χ1) is 51.1. The monoisotopic (exact) mass is 1550 g/mol. The van der Waals surface area contributed by atoms with Crippen molar-refractivity contribution in [2.45, 2.75) is 287 Å². The Hall–Kier alpha value is -6.18. The van der Waals surface area contributed by atoms with E-state index >= 15 is 43.2 Å². The lowest BCUT2D eigenvalue weighted by molar-refractivity contribution is -0.161. The topological polar surface area (TPSA) is 279 Å². The second-order valence-electron chi connectivity index (χ2n) is 33.6. The number of ether oxygens (including phenoxy) is 1. The fraction of sp³-hybridized carbons (Fsp3) is 0.802. The Bertz CT molecular complexity index is 3180. The summed E-state index contributed by atoms with van der Waals surface area (Å²) in [4.78, 5) is 197. The smallest absolute Gasteiger partial charge is 0.248 e. The van der Waals surface area contributed by atoms with Crippen molar-refractivity contribution in [3.63, 3.8) is 0 Å². The summed E-state index contributed by atoms with van der Waals surface area (Å²) in [7, 11) is 9.05. The number of carbonyl (C=O) groups is 12.